The third kappa shape index (κ3) is 3.12. The van der Waals surface area contributed by atoms with Crippen molar-refractivity contribution in [3.8, 4) is 0 Å². The number of esters is 2. The van der Waals surface area contributed by atoms with Crippen LogP contribution in [0, 0.1) is 5.92 Å². The molecule has 7 nitrogen and oxygen atoms in total. The SMILES string of the molecule is C=C1C/C(=C\C)C(=O)O[C@@H]2CCN3C[C@@H](O)[C@H](COC(=O)[C@@]1(C)O)[C@@H]23. The van der Waals surface area contributed by atoms with Crippen LogP contribution in [0.15, 0.2) is 23.8 Å². The minimum Gasteiger partial charge on any atom is -0.463 e. The van der Waals surface area contributed by atoms with E-state index in [1.807, 2.05) is 0 Å². The van der Waals surface area contributed by atoms with Crippen molar-refractivity contribution in [2.45, 2.75) is 50.5 Å². The lowest BCUT2D eigenvalue weighted by Crippen LogP contribution is -2.44. The molecule has 0 unspecified atom stereocenters. The second-order valence-corrected chi connectivity index (χ2v) is 7.21. The van der Waals surface area contributed by atoms with Gasteiger partial charge in [0.05, 0.1) is 18.8 Å². The van der Waals surface area contributed by atoms with Gasteiger partial charge in [-0.15, -0.1) is 0 Å². The second-order valence-electron chi connectivity index (χ2n) is 7.21. The standard InChI is InChI=1S/C18H25NO6/c1-4-11-7-10(2)18(3,23)17(22)24-9-12-13(20)8-19-6-5-14(15(12)19)25-16(11)21/h4,12-15,20,23H,2,5-9H2,1,3H3/b11-4+/t12-,13+,14+,15-,18-/m0/s1. The first-order valence-electron chi connectivity index (χ1n) is 8.61. The van der Waals surface area contributed by atoms with Crippen molar-refractivity contribution in [3.63, 3.8) is 0 Å². The van der Waals surface area contributed by atoms with Crippen molar-refractivity contribution in [2.75, 3.05) is 19.7 Å². The molecule has 2 N–H and O–H groups in total. The molecular weight excluding hydrogens is 326 g/mol. The van der Waals surface area contributed by atoms with Crippen molar-refractivity contribution < 1.29 is 29.3 Å². The number of nitrogens with zero attached hydrogens (tertiary/aromatic N) is 1. The van der Waals surface area contributed by atoms with Gasteiger partial charge in [-0.2, -0.15) is 0 Å². The van der Waals surface area contributed by atoms with E-state index in [0.717, 1.165) is 6.54 Å². The topological polar surface area (TPSA) is 96.3 Å². The molecular formula is C18H25NO6. The first kappa shape index (κ1) is 18.1. The molecule has 3 aliphatic heterocycles. The Morgan fingerprint density at radius 1 is 1.40 bits per heavy atom. The molecule has 0 aromatic carbocycles. The van der Waals surface area contributed by atoms with Gasteiger partial charge in [0.15, 0.2) is 5.60 Å². The Kier molecular flexibility index (Phi) is 4.74. The molecule has 25 heavy (non-hydrogen) atoms. The zero-order valence-electron chi connectivity index (χ0n) is 14.6. The van der Waals surface area contributed by atoms with Gasteiger partial charge in [0.1, 0.15) is 6.10 Å². The van der Waals surface area contributed by atoms with E-state index in [1.165, 1.54) is 6.92 Å². The molecule has 3 fully saturated rings. The van der Waals surface area contributed by atoms with Crippen LogP contribution in [-0.4, -0.2) is 70.6 Å². The molecule has 5 atom stereocenters. The maximum absolute atomic E-state index is 12.5. The van der Waals surface area contributed by atoms with Crippen LogP contribution in [0.4, 0.5) is 0 Å². The molecule has 0 aromatic heterocycles. The molecule has 3 heterocycles. The maximum atomic E-state index is 12.5. The molecule has 0 amide bonds. The lowest BCUT2D eigenvalue weighted by atomic mass is 9.90. The Morgan fingerprint density at radius 2 is 2.12 bits per heavy atom. The molecule has 0 aromatic rings. The minimum atomic E-state index is -1.91. The maximum Gasteiger partial charge on any atom is 0.342 e. The highest BCUT2D eigenvalue weighted by atomic mass is 16.6. The summed E-state index contributed by atoms with van der Waals surface area (Å²) >= 11 is 0. The number of allylic oxidation sites excluding steroid dienone is 1. The normalized spacial score (nSPS) is 41.8. The average Bonchev–Trinajstić information content (AvgIpc) is 3.08. The second kappa shape index (κ2) is 6.55. The zero-order valence-corrected chi connectivity index (χ0v) is 14.6. The number of aliphatic hydroxyl groups is 2. The summed E-state index contributed by atoms with van der Waals surface area (Å²) < 4.78 is 11.0. The lowest BCUT2D eigenvalue weighted by Gasteiger charge is -2.30. The molecule has 138 valence electrons. The number of ether oxygens (including phenoxy) is 2. The van der Waals surface area contributed by atoms with Crippen LogP contribution in [0.2, 0.25) is 0 Å². The number of carbonyl (C=O) groups excluding carboxylic acids is 2. The Bertz CT molecular complexity index is 625. The van der Waals surface area contributed by atoms with Gasteiger partial charge in [0.25, 0.3) is 0 Å². The Balaban J connectivity index is 1.93. The number of carbonyl (C=O) groups is 2. The zero-order chi connectivity index (χ0) is 18.4. The van der Waals surface area contributed by atoms with Crippen molar-refractivity contribution >= 4 is 11.9 Å². The van der Waals surface area contributed by atoms with E-state index in [-0.39, 0.29) is 36.7 Å². The van der Waals surface area contributed by atoms with Gasteiger partial charge in [0.2, 0.25) is 0 Å². The van der Waals surface area contributed by atoms with Crippen molar-refractivity contribution in [1.82, 2.24) is 4.90 Å². The summed E-state index contributed by atoms with van der Waals surface area (Å²) in [5, 5.41) is 20.8. The largest absolute Gasteiger partial charge is 0.463 e. The van der Waals surface area contributed by atoms with E-state index >= 15 is 0 Å². The number of rotatable bonds is 0. The number of hydrogen-bond acceptors (Lipinski definition) is 7. The van der Waals surface area contributed by atoms with E-state index in [4.69, 9.17) is 9.47 Å². The summed E-state index contributed by atoms with van der Waals surface area (Å²) in [6.45, 7) is 7.90. The van der Waals surface area contributed by atoms with Crippen molar-refractivity contribution in [1.29, 1.82) is 0 Å². The summed E-state index contributed by atoms with van der Waals surface area (Å²) in [5.41, 5.74) is -1.40. The summed E-state index contributed by atoms with van der Waals surface area (Å²) in [4.78, 5) is 27.0. The highest BCUT2D eigenvalue weighted by molar-refractivity contribution is 5.90. The van der Waals surface area contributed by atoms with Crippen molar-refractivity contribution in [3.05, 3.63) is 23.8 Å². The van der Waals surface area contributed by atoms with Crippen LogP contribution in [0.25, 0.3) is 0 Å². The molecule has 0 saturated carbocycles. The van der Waals surface area contributed by atoms with Crippen LogP contribution in [0.5, 0.6) is 0 Å². The van der Waals surface area contributed by atoms with Crippen LogP contribution in [0.1, 0.15) is 26.7 Å². The molecule has 0 spiro atoms. The van der Waals surface area contributed by atoms with Crippen LogP contribution >= 0.6 is 0 Å². The van der Waals surface area contributed by atoms with Crippen LogP contribution in [-0.2, 0) is 19.1 Å². The fraction of sp³-hybridized carbons (Fsp3) is 0.667. The molecule has 0 aliphatic carbocycles. The third-order valence-electron chi connectivity index (χ3n) is 5.62. The predicted octanol–water partition coefficient (Wildman–Crippen LogP) is 0.164. The van der Waals surface area contributed by atoms with Gasteiger partial charge in [-0.25, -0.2) is 9.59 Å². The highest BCUT2D eigenvalue weighted by Crippen LogP contribution is 2.37. The first-order chi connectivity index (χ1) is 11.8. The molecule has 3 saturated heterocycles. The molecule has 0 bridgehead atoms. The minimum absolute atomic E-state index is 0.0323. The summed E-state index contributed by atoms with van der Waals surface area (Å²) in [6.07, 6.45) is 1.30. The Morgan fingerprint density at radius 3 is 2.80 bits per heavy atom. The monoisotopic (exact) mass is 351 g/mol. The summed E-state index contributed by atoms with van der Waals surface area (Å²) in [5.74, 6) is -1.65. The summed E-state index contributed by atoms with van der Waals surface area (Å²) in [6, 6.07) is -0.183. The fourth-order valence-electron chi connectivity index (χ4n) is 3.91. The van der Waals surface area contributed by atoms with E-state index in [9.17, 15) is 19.8 Å². The van der Waals surface area contributed by atoms with E-state index in [0.29, 0.717) is 18.5 Å². The highest BCUT2D eigenvalue weighted by Gasteiger charge is 2.51. The van der Waals surface area contributed by atoms with Gasteiger partial charge in [-0.05, 0) is 25.8 Å². The molecule has 0 radical (unpaired) electrons. The van der Waals surface area contributed by atoms with E-state index < -0.39 is 23.6 Å². The first-order valence-corrected chi connectivity index (χ1v) is 8.61. The fourth-order valence-corrected chi connectivity index (χ4v) is 3.91. The Labute approximate surface area is 146 Å². The van der Waals surface area contributed by atoms with Gasteiger partial charge in [-0.3, -0.25) is 4.90 Å². The number of cyclic esters (lactones) is 1. The van der Waals surface area contributed by atoms with Gasteiger partial charge < -0.3 is 19.7 Å². The third-order valence-corrected chi connectivity index (χ3v) is 5.62. The average molecular weight is 351 g/mol. The van der Waals surface area contributed by atoms with Gasteiger partial charge in [0, 0.05) is 31.0 Å². The number of aliphatic hydroxyl groups excluding tert-OH is 1. The predicted molar refractivity (Wildman–Crippen MR) is 88.5 cm³/mol. The van der Waals surface area contributed by atoms with Crippen molar-refractivity contribution in [2.24, 2.45) is 5.92 Å². The van der Waals surface area contributed by atoms with E-state index in [2.05, 4.69) is 11.5 Å². The lowest BCUT2D eigenvalue weighted by molar-refractivity contribution is -0.164. The Hall–Kier alpha value is -1.70. The molecule has 7 heteroatoms. The molecule has 3 aliphatic rings. The van der Waals surface area contributed by atoms with E-state index in [1.54, 1.807) is 13.0 Å². The smallest absolute Gasteiger partial charge is 0.342 e. The van der Waals surface area contributed by atoms with Crippen LogP contribution < -0.4 is 0 Å². The summed E-state index contributed by atoms with van der Waals surface area (Å²) in [7, 11) is 0. The number of hydrogen-bond donors (Lipinski definition) is 2. The molecule has 3 rings (SSSR count). The quantitative estimate of drug-likeness (QED) is 0.365. The van der Waals surface area contributed by atoms with Gasteiger partial charge in [-0.1, -0.05) is 12.7 Å². The van der Waals surface area contributed by atoms with Gasteiger partial charge >= 0.3 is 11.9 Å². The van der Waals surface area contributed by atoms with Crippen LogP contribution in [0.3, 0.4) is 0 Å².